The normalized spacial score (nSPS) is 24.0. The van der Waals surface area contributed by atoms with E-state index in [-0.39, 0.29) is 50.3 Å². The minimum Gasteiger partial charge on any atom is -0.463 e. The van der Waals surface area contributed by atoms with Crippen LogP contribution >= 0.6 is 0 Å². The Morgan fingerprint density at radius 3 is 2.46 bits per heavy atom. The van der Waals surface area contributed by atoms with Crippen LogP contribution in [0, 0.1) is 11.8 Å². The summed E-state index contributed by atoms with van der Waals surface area (Å²) in [5.41, 5.74) is 0.342. The Kier molecular flexibility index (Phi) is 11.1. The lowest BCUT2D eigenvalue weighted by Crippen LogP contribution is -2.45. The molecule has 0 aromatic heterocycles. The molecule has 1 saturated heterocycles. The van der Waals surface area contributed by atoms with Crippen molar-refractivity contribution in [1.29, 1.82) is 0 Å². The number of esters is 2. The average molecular weight is 543 g/mol. The molecule has 1 aromatic rings. The summed E-state index contributed by atoms with van der Waals surface area (Å²) in [6, 6.07) is 8.88. The van der Waals surface area contributed by atoms with E-state index < -0.39 is 35.4 Å². The molecule has 0 bridgehead atoms. The number of aliphatic hydroxyl groups is 1. The van der Waals surface area contributed by atoms with Crippen LogP contribution in [0.5, 0.6) is 0 Å². The van der Waals surface area contributed by atoms with Gasteiger partial charge in [0.05, 0.1) is 36.9 Å². The van der Waals surface area contributed by atoms with Gasteiger partial charge in [0, 0.05) is 13.0 Å². The Labute approximate surface area is 230 Å². The zero-order valence-corrected chi connectivity index (χ0v) is 23.3. The van der Waals surface area contributed by atoms with E-state index in [2.05, 4.69) is 5.32 Å². The van der Waals surface area contributed by atoms with Crippen LogP contribution in [0.4, 0.5) is 0 Å². The molecule has 2 N–H and O–H groups in total. The summed E-state index contributed by atoms with van der Waals surface area (Å²) in [6.07, 6.45) is 6.02. The maximum atomic E-state index is 13.5. The van der Waals surface area contributed by atoms with Crippen LogP contribution in [0.25, 0.3) is 0 Å². The third-order valence-electron chi connectivity index (χ3n) is 6.94. The van der Waals surface area contributed by atoms with Crippen LogP contribution in [0.3, 0.4) is 0 Å². The maximum Gasteiger partial charge on any atom is 0.309 e. The second kappa shape index (κ2) is 14.3. The van der Waals surface area contributed by atoms with Crippen LogP contribution in [-0.2, 0) is 35.1 Å². The monoisotopic (exact) mass is 542 g/mol. The van der Waals surface area contributed by atoms with Crippen molar-refractivity contribution in [2.24, 2.45) is 11.8 Å². The van der Waals surface area contributed by atoms with E-state index in [1.807, 2.05) is 30.3 Å². The van der Waals surface area contributed by atoms with E-state index in [0.29, 0.717) is 25.8 Å². The van der Waals surface area contributed by atoms with Crippen LogP contribution < -0.4 is 5.32 Å². The van der Waals surface area contributed by atoms with E-state index in [1.165, 1.54) is 0 Å². The quantitative estimate of drug-likeness (QED) is 0.383. The van der Waals surface area contributed by atoms with Crippen molar-refractivity contribution in [2.75, 3.05) is 19.8 Å². The van der Waals surface area contributed by atoms with Crippen LogP contribution in [0.2, 0.25) is 0 Å². The lowest BCUT2D eigenvalue weighted by Gasteiger charge is -2.29. The molecule has 2 heterocycles. The number of fused-ring (bicyclic) bond motifs is 1. The van der Waals surface area contributed by atoms with Gasteiger partial charge in [-0.25, -0.2) is 0 Å². The number of benzene rings is 1. The van der Waals surface area contributed by atoms with Crippen molar-refractivity contribution < 1.29 is 33.8 Å². The fourth-order valence-electron chi connectivity index (χ4n) is 5.04. The van der Waals surface area contributed by atoms with E-state index in [9.17, 15) is 24.3 Å². The van der Waals surface area contributed by atoms with Gasteiger partial charge in [0.15, 0.2) is 0 Å². The van der Waals surface area contributed by atoms with E-state index in [4.69, 9.17) is 9.47 Å². The lowest BCUT2D eigenvalue weighted by atomic mass is 9.95. The molecule has 0 unspecified atom stereocenters. The summed E-state index contributed by atoms with van der Waals surface area (Å²) < 4.78 is 11.0. The molecule has 0 spiro atoms. The van der Waals surface area contributed by atoms with Gasteiger partial charge in [-0.1, -0.05) is 42.5 Å². The highest BCUT2D eigenvalue weighted by molar-refractivity contribution is 5.86. The van der Waals surface area contributed by atoms with Gasteiger partial charge >= 0.3 is 11.9 Å². The summed E-state index contributed by atoms with van der Waals surface area (Å²) in [5, 5.41) is 12.7. The van der Waals surface area contributed by atoms with Crippen LogP contribution in [0.1, 0.15) is 64.9 Å². The van der Waals surface area contributed by atoms with Gasteiger partial charge in [-0.3, -0.25) is 19.2 Å². The predicted octanol–water partition coefficient (Wildman–Crippen LogP) is 2.94. The van der Waals surface area contributed by atoms with Gasteiger partial charge < -0.3 is 24.8 Å². The van der Waals surface area contributed by atoms with Gasteiger partial charge in [-0.15, -0.1) is 0 Å². The molecule has 39 heavy (non-hydrogen) atoms. The highest BCUT2D eigenvalue weighted by Crippen LogP contribution is 2.26. The topological polar surface area (TPSA) is 122 Å². The molecule has 0 saturated carbocycles. The maximum absolute atomic E-state index is 13.5. The Morgan fingerprint density at radius 1 is 1.10 bits per heavy atom. The fraction of sp³-hybridized carbons (Fsp3) is 0.600. The van der Waals surface area contributed by atoms with Gasteiger partial charge in [-0.05, 0) is 58.4 Å². The summed E-state index contributed by atoms with van der Waals surface area (Å²) in [6.45, 7) is 5.71. The number of amides is 2. The number of aliphatic hydroxyl groups excluding tert-OH is 1. The van der Waals surface area contributed by atoms with Crippen molar-refractivity contribution in [3.63, 3.8) is 0 Å². The molecular weight excluding hydrogens is 500 g/mol. The smallest absolute Gasteiger partial charge is 0.309 e. The zero-order chi connectivity index (χ0) is 28.4. The highest BCUT2D eigenvalue weighted by Gasteiger charge is 2.36. The average Bonchev–Trinajstić information content (AvgIpc) is 3.35. The minimum absolute atomic E-state index is 0.0151. The second-order valence-corrected chi connectivity index (χ2v) is 11.4. The van der Waals surface area contributed by atoms with E-state index in [0.717, 1.165) is 12.0 Å². The zero-order valence-electron chi connectivity index (χ0n) is 23.3. The van der Waals surface area contributed by atoms with Gasteiger partial charge in [-0.2, -0.15) is 0 Å². The molecule has 0 radical (unpaired) electrons. The fourth-order valence-corrected chi connectivity index (χ4v) is 5.04. The Bertz CT molecular complexity index is 1020. The molecular formula is C30H42N2O7. The van der Waals surface area contributed by atoms with Gasteiger partial charge in [0.25, 0.3) is 0 Å². The van der Waals surface area contributed by atoms with Gasteiger partial charge in [0.2, 0.25) is 11.8 Å². The Morgan fingerprint density at radius 2 is 1.79 bits per heavy atom. The molecule has 1 fully saturated rings. The molecule has 9 nitrogen and oxygen atoms in total. The van der Waals surface area contributed by atoms with Crippen LogP contribution in [-0.4, -0.2) is 71.2 Å². The first kappa shape index (κ1) is 30.3. The number of rotatable bonds is 8. The first-order valence-electron chi connectivity index (χ1n) is 13.8. The van der Waals surface area contributed by atoms with Crippen LogP contribution in [0.15, 0.2) is 42.5 Å². The third kappa shape index (κ3) is 9.80. The SMILES string of the molecule is CC(C)(C)OC(=O)C[C@@H]1C/C=C/C[C@H](CC(=O)N[C@H](CO)Cc2ccccc2)C(=O)N2CCC[C@H]2COC1=O. The molecule has 1 aromatic carbocycles. The first-order valence-corrected chi connectivity index (χ1v) is 13.8. The molecule has 9 heteroatoms. The minimum atomic E-state index is -0.689. The first-order chi connectivity index (χ1) is 18.6. The standard InChI is InChI=1S/C30H42N2O7/c1-30(2,3)39-27(35)18-23-13-8-7-12-22(28(36)32-15-9-14-25(32)20-38-29(23)37)17-26(34)31-24(19-33)16-21-10-5-4-6-11-21/h4-8,10-11,22-25,33H,9,12-20H2,1-3H3,(H,31,34)/b8-7+/t22-,23+,24+,25+/m1/s1. The molecule has 3 rings (SSSR count). The van der Waals surface area contributed by atoms with Crippen molar-refractivity contribution >= 4 is 23.8 Å². The molecule has 2 amide bonds. The molecule has 4 atom stereocenters. The van der Waals surface area contributed by atoms with Crippen molar-refractivity contribution in [3.8, 4) is 0 Å². The number of nitrogens with one attached hydrogen (secondary N) is 1. The van der Waals surface area contributed by atoms with Gasteiger partial charge in [0.1, 0.15) is 12.2 Å². The largest absolute Gasteiger partial charge is 0.463 e. The predicted molar refractivity (Wildman–Crippen MR) is 145 cm³/mol. The number of allylic oxidation sites excluding steroid dienone is 2. The number of cyclic esters (lactones) is 1. The summed E-state index contributed by atoms with van der Waals surface area (Å²) >= 11 is 0. The third-order valence-corrected chi connectivity index (χ3v) is 6.94. The number of carbonyl (C=O) groups excluding carboxylic acids is 4. The van der Waals surface area contributed by atoms with Crippen molar-refractivity contribution in [1.82, 2.24) is 10.2 Å². The summed E-state index contributed by atoms with van der Waals surface area (Å²) in [4.78, 5) is 53.4. The Balaban J connectivity index is 1.69. The number of ether oxygens (including phenoxy) is 2. The summed E-state index contributed by atoms with van der Waals surface area (Å²) in [7, 11) is 0. The van der Waals surface area contributed by atoms with E-state index in [1.54, 1.807) is 37.8 Å². The van der Waals surface area contributed by atoms with Crippen molar-refractivity contribution in [3.05, 3.63) is 48.0 Å². The van der Waals surface area contributed by atoms with E-state index >= 15 is 0 Å². The molecule has 2 aliphatic heterocycles. The number of hydrogen-bond acceptors (Lipinski definition) is 7. The molecule has 0 aliphatic carbocycles. The number of hydrogen-bond donors (Lipinski definition) is 2. The Hall–Kier alpha value is -3.20. The second-order valence-electron chi connectivity index (χ2n) is 11.4. The summed E-state index contributed by atoms with van der Waals surface area (Å²) in [5.74, 6) is -2.65. The highest BCUT2D eigenvalue weighted by atomic mass is 16.6. The van der Waals surface area contributed by atoms with Crippen molar-refractivity contribution in [2.45, 2.75) is 83.4 Å². The molecule has 214 valence electrons. The number of nitrogens with zero attached hydrogens (tertiary/aromatic N) is 1. The molecule has 2 aliphatic rings. The lowest BCUT2D eigenvalue weighted by molar-refractivity contribution is -0.162. The number of carbonyl (C=O) groups is 4.